The first-order chi connectivity index (χ1) is 9.01. The minimum Gasteiger partial charge on any atom is -0.399 e. The van der Waals surface area contributed by atoms with Crippen molar-refractivity contribution in [1.29, 1.82) is 0 Å². The lowest BCUT2D eigenvalue weighted by Gasteiger charge is -2.08. The Balaban J connectivity index is 0.000000550. The second-order valence-electron chi connectivity index (χ2n) is 3.53. The standard InChI is InChI=1S/C12H10Cl2N2.HNO2/c13-11-9(5-6-10(16)12(11)14)7-1-3-8(15)4-2-7;2-1-3/h1-6H,15-16H2;(H,2,3). The van der Waals surface area contributed by atoms with Crippen LogP contribution in [-0.2, 0) is 0 Å². The molecule has 0 saturated carbocycles. The van der Waals surface area contributed by atoms with Crippen LogP contribution in [0.3, 0.4) is 0 Å². The molecule has 0 amide bonds. The molecule has 0 saturated heterocycles. The first kappa shape index (κ1) is 15.1. The summed E-state index contributed by atoms with van der Waals surface area (Å²) >= 11 is 12.1. The van der Waals surface area contributed by atoms with Crippen LogP contribution >= 0.6 is 23.2 Å². The second kappa shape index (κ2) is 6.82. The van der Waals surface area contributed by atoms with Crippen molar-refractivity contribution in [3.05, 3.63) is 51.4 Å². The summed E-state index contributed by atoms with van der Waals surface area (Å²) < 4.78 is 0. The van der Waals surface area contributed by atoms with Gasteiger partial charge in [-0.3, -0.25) is 0 Å². The molecule has 0 unspecified atom stereocenters. The Labute approximate surface area is 119 Å². The molecule has 0 bridgehead atoms. The van der Waals surface area contributed by atoms with E-state index in [4.69, 9.17) is 44.8 Å². The number of nitrogen functional groups attached to an aromatic ring is 2. The van der Waals surface area contributed by atoms with Gasteiger partial charge in [0.1, 0.15) is 0 Å². The van der Waals surface area contributed by atoms with Gasteiger partial charge in [-0.15, -0.1) is 4.91 Å². The van der Waals surface area contributed by atoms with E-state index < -0.39 is 0 Å². The third kappa shape index (κ3) is 3.74. The number of nitrogens with zero attached hydrogens (tertiary/aromatic N) is 1. The summed E-state index contributed by atoms with van der Waals surface area (Å²) in [4.78, 5) is 8.11. The summed E-state index contributed by atoms with van der Waals surface area (Å²) in [6.07, 6.45) is 0. The zero-order valence-corrected chi connectivity index (χ0v) is 11.2. The monoisotopic (exact) mass is 299 g/mol. The predicted octanol–water partition coefficient (Wildman–Crippen LogP) is 3.97. The summed E-state index contributed by atoms with van der Waals surface area (Å²) in [5, 5.41) is 8.74. The summed E-state index contributed by atoms with van der Waals surface area (Å²) in [6, 6.07) is 11.0. The van der Waals surface area contributed by atoms with Gasteiger partial charge < -0.3 is 16.7 Å². The normalized spacial score (nSPS) is 9.37. The van der Waals surface area contributed by atoms with Gasteiger partial charge in [0.05, 0.1) is 15.7 Å². The molecular weight excluding hydrogens is 289 g/mol. The number of nitrogens with two attached hydrogens (primary N) is 2. The van der Waals surface area contributed by atoms with Crippen molar-refractivity contribution < 1.29 is 5.21 Å². The SMILES string of the molecule is Nc1ccc(-c2ccc(N)c(Cl)c2Cl)cc1.O=NO. The molecule has 5 nitrogen and oxygen atoms in total. The van der Waals surface area contributed by atoms with Crippen molar-refractivity contribution in [3.8, 4) is 11.1 Å². The fraction of sp³-hybridized carbons (Fsp3) is 0. The third-order valence-corrected chi connectivity index (χ3v) is 3.23. The van der Waals surface area contributed by atoms with Crippen LogP contribution in [0.2, 0.25) is 10.0 Å². The van der Waals surface area contributed by atoms with Crippen LogP contribution in [-0.4, -0.2) is 5.21 Å². The molecule has 0 aliphatic carbocycles. The number of hydrogen-bond donors (Lipinski definition) is 3. The molecule has 2 aromatic carbocycles. The van der Waals surface area contributed by atoms with Crippen molar-refractivity contribution in [2.24, 2.45) is 5.34 Å². The molecule has 0 aromatic heterocycles. The van der Waals surface area contributed by atoms with Gasteiger partial charge in [0.25, 0.3) is 0 Å². The van der Waals surface area contributed by atoms with Crippen LogP contribution in [0.4, 0.5) is 11.4 Å². The van der Waals surface area contributed by atoms with Crippen LogP contribution in [0.25, 0.3) is 11.1 Å². The van der Waals surface area contributed by atoms with Gasteiger partial charge in [-0.05, 0) is 23.8 Å². The van der Waals surface area contributed by atoms with Crippen molar-refractivity contribution in [2.45, 2.75) is 0 Å². The van der Waals surface area contributed by atoms with Gasteiger partial charge in [0, 0.05) is 11.3 Å². The van der Waals surface area contributed by atoms with E-state index in [9.17, 15) is 0 Å². The van der Waals surface area contributed by atoms with Gasteiger partial charge in [-0.1, -0.05) is 41.4 Å². The van der Waals surface area contributed by atoms with E-state index in [2.05, 4.69) is 0 Å². The maximum absolute atomic E-state index is 8.11. The second-order valence-corrected chi connectivity index (χ2v) is 4.29. The fourth-order valence-electron chi connectivity index (χ4n) is 1.45. The van der Waals surface area contributed by atoms with Gasteiger partial charge in [-0.2, -0.15) is 0 Å². The van der Waals surface area contributed by atoms with E-state index in [1.807, 2.05) is 30.3 Å². The van der Waals surface area contributed by atoms with Crippen molar-refractivity contribution >= 4 is 34.6 Å². The van der Waals surface area contributed by atoms with E-state index in [0.29, 0.717) is 21.4 Å². The fourth-order valence-corrected chi connectivity index (χ4v) is 1.90. The zero-order valence-electron chi connectivity index (χ0n) is 9.68. The highest BCUT2D eigenvalue weighted by molar-refractivity contribution is 6.45. The van der Waals surface area contributed by atoms with Gasteiger partial charge >= 0.3 is 0 Å². The molecule has 0 spiro atoms. The predicted molar refractivity (Wildman–Crippen MR) is 78.3 cm³/mol. The molecule has 2 rings (SSSR count). The molecular formula is C12H11Cl2N3O2. The lowest BCUT2D eigenvalue weighted by molar-refractivity contribution is 0.312. The summed E-state index contributed by atoms with van der Waals surface area (Å²) in [5.74, 6) is 0. The largest absolute Gasteiger partial charge is 0.399 e. The van der Waals surface area contributed by atoms with E-state index >= 15 is 0 Å². The van der Waals surface area contributed by atoms with E-state index in [0.717, 1.165) is 11.1 Å². The average Bonchev–Trinajstić information content (AvgIpc) is 2.39. The highest BCUT2D eigenvalue weighted by atomic mass is 35.5. The van der Waals surface area contributed by atoms with Crippen LogP contribution in [0.5, 0.6) is 0 Å². The Kier molecular flexibility index (Phi) is 5.41. The Hall–Kier alpha value is -1.98. The number of hydrogen-bond acceptors (Lipinski definition) is 4. The topological polar surface area (TPSA) is 102 Å². The maximum atomic E-state index is 8.11. The van der Waals surface area contributed by atoms with Gasteiger partial charge in [-0.25, -0.2) is 0 Å². The molecule has 100 valence electrons. The maximum Gasteiger partial charge on any atom is 0.152 e. The number of anilines is 2. The van der Waals surface area contributed by atoms with E-state index in [1.165, 1.54) is 5.34 Å². The van der Waals surface area contributed by atoms with E-state index in [-0.39, 0.29) is 0 Å². The molecule has 0 aliphatic heterocycles. The highest BCUT2D eigenvalue weighted by Gasteiger charge is 2.09. The number of rotatable bonds is 1. The Bertz CT molecular complexity index is 574. The summed E-state index contributed by atoms with van der Waals surface area (Å²) in [7, 11) is 0. The van der Waals surface area contributed by atoms with Crippen LogP contribution in [0.15, 0.2) is 41.7 Å². The Morgan fingerprint density at radius 2 is 1.47 bits per heavy atom. The van der Waals surface area contributed by atoms with Crippen LogP contribution in [0.1, 0.15) is 0 Å². The molecule has 19 heavy (non-hydrogen) atoms. The average molecular weight is 300 g/mol. The Morgan fingerprint density at radius 3 is 2.00 bits per heavy atom. The smallest absolute Gasteiger partial charge is 0.152 e. The van der Waals surface area contributed by atoms with Crippen molar-refractivity contribution in [2.75, 3.05) is 11.5 Å². The summed E-state index contributed by atoms with van der Waals surface area (Å²) in [6.45, 7) is 0. The zero-order chi connectivity index (χ0) is 14.4. The van der Waals surface area contributed by atoms with E-state index in [1.54, 1.807) is 6.07 Å². The molecule has 0 aliphatic rings. The molecule has 0 radical (unpaired) electrons. The minimum atomic E-state index is 0.385. The summed E-state index contributed by atoms with van der Waals surface area (Å²) in [5.41, 5.74) is 14.3. The molecule has 0 atom stereocenters. The van der Waals surface area contributed by atoms with Crippen LogP contribution in [0, 0.1) is 4.91 Å². The molecule has 0 fully saturated rings. The number of benzene rings is 2. The lowest BCUT2D eigenvalue weighted by Crippen LogP contribution is -1.89. The number of halogens is 2. The highest BCUT2D eigenvalue weighted by Crippen LogP contribution is 2.37. The minimum absolute atomic E-state index is 0.385. The quantitative estimate of drug-likeness (QED) is 0.421. The Morgan fingerprint density at radius 1 is 0.947 bits per heavy atom. The van der Waals surface area contributed by atoms with Gasteiger partial charge in [0.2, 0.25) is 0 Å². The first-order valence-corrected chi connectivity index (χ1v) is 5.83. The molecule has 2 aromatic rings. The van der Waals surface area contributed by atoms with Gasteiger partial charge in [0.15, 0.2) is 5.34 Å². The van der Waals surface area contributed by atoms with Crippen molar-refractivity contribution in [1.82, 2.24) is 0 Å². The third-order valence-electron chi connectivity index (χ3n) is 2.33. The molecule has 5 N–H and O–H groups in total. The molecule has 0 heterocycles. The van der Waals surface area contributed by atoms with Crippen molar-refractivity contribution in [3.63, 3.8) is 0 Å². The first-order valence-electron chi connectivity index (χ1n) is 5.07. The molecule has 7 heteroatoms. The lowest BCUT2D eigenvalue weighted by atomic mass is 10.0. The van der Waals surface area contributed by atoms with Crippen LogP contribution < -0.4 is 11.5 Å².